The lowest BCUT2D eigenvalue weighted by atomic mass is 10.1. The molecule has 148 valence electrons. The van der Waals surface area contributed by atoms with Crippen LogP contribution >= 0.6 is 0 Å². The predicted molar refractivity (Wildman–Crippen MR) is 106 cm³/mol. The number of rotatable bonds is 7. The molecule has 1 aliphatic rings. The zero-order valence-electron chi connectivity index (χ0n) is 15.9. The molecule has 1 fully saturated rings. The lowest BCUT2D eigenvalue weighted by molar-refractivity contribution is -0.118. The van der Waals surface area contributed by atoms with Crippen LogP contribution in [0.1, 0.15) is 12.0 Å². The van der Waals surface area contributed by atoms with E-state index in [1.54, 1.807) is 24.1 Å². The standard InChI is InChI=1S/C21H24FN3O3/c1-28-20-8-7-18(25-12-10-24(15-26)11-13-25)14-19(20)23-21(27)9-4-16-2-5-17(22)6-3-16/h2-3,5-8,14-15H,4,9-13H2,1H3,(H,23,27). The molecule has 1 saturated heterocycles. The van der Waals surface area contributed by atoms with Crippen LogP contribution in [0.4, 0.5) is 15.8 Å². The molecule has 0 bridgehead atoms. The van der Waals surface area contributed by atoms with Gasteiger partial charge in [0.25, 0.3) is 0 Å². The Kier molecular flexibility index (Phi) is 6.47. The average molecular weight is 385 g/mol. The average Bonchev–Trinajstić information content (AvgIpc) is 2.73. The van der Waals surface area contributed by atoms with Gasteiger partial charge >= 0.3 is 0 Å². The first-order valence-corrected chi connectivity index (χ1v) is 9.25. The van der Waals surface area contributed by atoms with Gasteiger partial charge in [-0.1, -0.05) is 12.1 Å². The molecule has 0 aliphatic carbocycles. The van der Waals surface area contributed by atoms with Gasteiger partial charge in [0, 0.05) is 38.3 Å². The summed E-state index contributed by atoms with van der Waals surface area (Å²) in [7, 11) is 1.56. The molecular formula is C21H24FN3O3. The van der Waals surface area contributed by atoms with Gasteiger partial charge in [-0.2, -0.15) is 0 Å². The maximum Gasteiger partial charge on any atom is 0.224 e. The van der Waals surface area contributed by atoms with Gasteiger partial charge in [-0.3, -0.25) is 9.59 Å². The third-order valence-corrected chi connectivity index (χ3v) is 4.84. The third-order valence-electron chi connectivity index (χ3n) is 4.84. The van der Waals surface area contributed by atoms with Crippen LogP contribution < -0.4 is 15.0 Å². The van der Waals surface area contributed by atoms with E-state index >= 15 is 0 Å². The quantitative estimate of drug-likeness (QED) is 0.745. The number of hydrogen-bond donors (Lipinski definition) is 1. The van der Waals surface area contributed by atoms with Gasteiger partial charge in [0.1, 0.15) is 11.6 Å². The molecule has 0 atom stereocenters. The van der Waals surface area contributed by atoms with Crippen LogP contribution in [0.3, 0.4) is 0 Å². The minimum Gasteiger partial charge on any atom is -0.495 e. The van der Waals surface area contributed by atoms with Gasteiger partial charge in [-0.05, 0) is 42.3 Å². The lowest BCUT2D eigenvalue weighted by Gasteiger charge is -2.34. The van der Waals surface area contributed by atoms with Crippen LogP contribution in [-0.2, 0) is 16.0 Å². The Morgan fingerprint density at radius 3 is 2.50 bits per heavy atom. The summed E-state index contributed by atoms with van der Waals surface area (Å²) in [6, 6.07) is 11.8. The minimum atomic E-state index is -0.288. The number of carbonyl (C=O) groups is 2. The molecule has 2 aromatic rings. The zero-order valence-corrected chi connectivity index (χ0v) is 15.9. The molecule has 0 spiro atoms. The Labute approximate surface area is 163 Å². The van der Waals surface area contributed by atoms with Crippen LogP contribution in [0.15, 0.2) is 42.5 Å². The van der Waals surface area contributed by atoms with Crippen LogP contribution in [0.25, 0.3) is 0 Å². The molecule has 0 unspecified atom stereocenters. The molecule has 3 rings (SSSR count). The Morgan fingerprint density at radius 2 is 1.86 bits per heavy atom. The van der Waals surface area contributed by atoms with Gasteiger partial charge in [-0.15, -0.1) is 0 Å². The minimum absolute atomic E-state index is 0.134. The van der Waals surface area contributed by atoms with Crippen LogP contribution in [0.5, 0.6) is 5.75 Å². The number of carbonyl (C=O) groups excluding carboxylic acids is 2. The molecule has 0 saturated carbocycles. The normalized spacial score (nSPS) is 13.9. The van der Waals surface area contributed by atoms with E-state index in [-0.39, 0.29) is 18.1 Å². The molecule has 6 nitrogen and oxygen atoms in total. The molecule has 0 radical (unpaired) electrons. The number of nitrogens with zero attached hydrogens (tertiary/aromatic N) is 2. The van der Waals surface area contributed by atoms with Crippen molar-refractivity contribution in [3.63, 3.8) is 0 Å². The van der Waals surface area contributed by atoms with E-state index < -0.39 is 0 Å². The smallest absolute Gasteiger partial charge is 0.224 e. The second kappa shape index (κ2) is 9.21. The first kappa shape index (κ1) is 19.7. The van der Waals surface area contributed by atoms with Crippen molar-refractivity contribution < 1.29 is 18.7 Å². The monoisotopic (exact) mass is 385 g/mol. The highest BCUT2D eigenvalue weighted by atomic mass is 19.1. The number of aryl methyl sites for hydroxylation is 1. The van der Waals surface area contributed by atoms with Crippen LogP contribution in [0, 0.1) is 5.82 Å². The Balaban J connectivity index is 1.63. The number of anilines is 2. The lowest BCUT2D eigenvalue weighted by Crippen LogP contribution is -2.45. The number of halogens is 1. The first-order chi connectivity index (χ1) is 13.6. The first-order valence-electron chi connectivity index (χ1n) is 9.25. The highest BCUT2D eigenvalue weighted by molar-refractivity contribution is 5.93. The number of ether oxygens (including phenoxy) is 1. The van der Waals surface area contributed by atoms with Crippen LogP contribution in [-0.4, -0.2) is 50.5 Å². The number of piperazine rings is 1. The van der Waals surface area contributed by atoms with Gasteiger partial charge in [-0.25, -0.2) is 4.39 Å². The molecule has 0 aromatic heterocycles. The Bertz CT molecular complexity index is 818. The van der Waals surface area contributed by atoms with Crippen molar-refractivity contribution in [1.29, 1.82) is 0 Å². The summed E-state index contributed by atoms with van der Waals surface area (Å²) in [6.45, 7) is 2.83. The highest BCUT2D eigenvalue weighted by Gasteiger charge is 2.17. The van der Waals surface area contributed by atoms with Crippen LogP contribution in [0.2, 0.25) is 0 Å². The summed E-state index contributed by atoms with van der Waals surface area (Å²) in [5.74, 6) is 0.166. The van der Waals surface area contributed by atoms with E-state index in [1.807, 2.05) is 18.2 Å². The molecular weight excluding hydrogens is 361 g/mol. The van der Waals surface area contributed by atoms with Gasteiger partial charge in [0.05, 0.1) is 12.8 Å². The zero-order chi connectivity index (χ0) is 19.9. The number of hydrogen-bond acceptors (Lipinski definition) is 4. The third kappa shape index (κ3) is 5.00. The number of nitrogens with one attached hydrogen (secondary N) is 1. The number of benzene rings is 2. The number of amides is 2. The Morgan fingerprint density at radius 1 is 1.14 bits per heavy atom. The maximum atomic E-state index is 13.0. The molecule has 1 N–H and O–H groups in total. The van der Waals surface area contributed by atoms with E-state index in [2.05, 4.69) is 10.2 Å². The summed E-state index contributed by atoms with van der Waals surface area (Å²) in [6.07, 6.45) is 1.69. The van der Waals surface area contributed by atoms with E-state index in [0.29, 0.717) is 30.9 Å². The van der Waals surface area contributed by atoms with Crippen molar-refractivity contribution in [1.82, 2.24) is 4.90 Å². The van der Waals surface area contributed by atoms with Gasteiger partial charge < -0.3 is 19.9 Å². The second-order valence-electron chi connectivity index (χ2n) is 6.69. The molecule has 7 heteroatoms. The SMILES string of the molecule is COc1ccc(N2CCN(C=O)CC2)cc1NC(=O)CCc1ccc(F)cc1. The topological polar surface area (TPSA) is 61.9 Å². The van der Waals surface area contributed by atoms with E-state index in [9.17, 15) is 14.0 Å². The molecule has 1 aliphatic heterocycles. The number of methoxy groups -OCH3 is 1. The highest BCUT2D eigenvalue weighted by Crippen LogP contribution is 2.30. The maximum absolute atomic E-state index is 13.0. The van der Waals surface area contributed by atoms with E-state index in [1.165, 1.54) is 12.1 Å². The van der Waals surface area contributed by atoms with Crippen molar-refractivity contribution in [2.75, 3.05) is 43.5 Å². The van der Waals surface area contributed by atoms with Gasteiger partial charge in [0.2, 0.25) is 12.3 Å². The van der Waals surface area contributed by atoms with E-state index in [4.69, 9.17) is 4.74 Å². The second-order valence-corrected chi connectivity index (χ2v) is 6.69. The van der Waals surface area contributed by atoms with E-state index in [0.717, 1.165) is 30.8 Å². The van der Waals surface area contributed by atoms with Gasteiger partial charge in [0.15, 0.2) is 0 Å². The summed E-state index contributed by atoms with van der Waals surface area (Å²) in [4.78, 5) is 27.2. The Hall–Kier alpha value is -3.09. The van der Waals surface area contributed by atoms with Crippen molar-refractivity contribution in [2.45, 2.75) is 12.8 Å². The van der Waals surface area contributed by atoms with Crippen molar-refractivity contribution in [3.05, 3.63) is 53.8 Å². The molecule has 1 heterocycles. The van der Waals surface area contributed by atoms with Crippen molar-refractivity contribution >= 4 is 23.7 Å². The fourth-order valence-electron chi connectivity index (χ4n) is 3.20. The molecule has 2 amide bonds. The van der Waals surface area contributed by atoms with Crippen molar-refractivity contribution in [2.24, 2.45) is 0 Å². The predicted octanol–water partition coefficient (Wildman–Crippen LogP) is 2.68. The molecule has 2 aromatic carbocycles. The largest absolute Gasteiger partial charge is 0.495 e. The molecule has 28 heavy (non-hydrogen) atoms. The fraction of sp³-hybridized carbons (Fsp3) is 0.333. The summed E-state index contributed by atoms with van der Waals surface area (Å²) >= 11 is 0. The van der Waals surface area contributed by atoms with Crippen molar-refractivity contribution in [3.8, 4) is 5.75 Å². The summed E-state index contributed by atoms with van der Waals surface area (Å²) in [5.41, 5.74) is 2.49. The summed E-state index contributed by atoms with van der Waals surface area (Å²) in [5, 5.41) is 2.91. The summed E-state index contributed by atoms with van der Waals surface area (Å²) < 4.78 is 18.3. The fourth-order valence-corrected chi connectivity index (χ4v) is 3.20.